The van der Waals surface area contributed by atoms with Crippen LogP contribution in [0.5, 0.6) is 5.75 Å². The van der Waals surface area contributed by atoms with Crippen LogP contribution in [0.3, 0.4) is 0 Å². The van der Waals surface area contributed by atoms with Crippen LogP contribution in [0.4, 0.5) is 0 Å². The molecule has 1 aromatic heterocycles. The van der Waals surface area contributed by atoms with Crippen molar-refractivity contribution in [2.24, 2.45) is 0 Å². The predicted molar refractivity (Wildman–Crippen MR) is 78.9 cm³/mol. The lowest BCUT2D eigenvalue weighted by Crippen LogP contribution is -2.24. The predicted octanol–water partition coefficient (Wildman–Crippen LogP) is 2.46. The van der Waals surface area contributed by atoms with E-state index >= 15 is 0 Å². The number of nitrogens with zero attached hydrogens (tertiary/aromatic N) is 1. The van der Waals surface area contributed by atoms with E-state index in [-0.39, 0.29) is 5.60 Å². The van der Waals surface area contributed by atoms with E-state index in [0.29, 0.717) is 0 Å². The van der Waals surface area contributed by atoms with E-state index in [0.717, 1.165) is 37.5 Å². The number of fused-ring (bicyclic) bond motifs is 1. The van der Waals surface area contributed by atoms with Crippen LogP contribution in [0.25, 0.3) is 0 Å². The maximum absolute atomic E-state index is 5.89. The summed E-state index contributed by atoms with van der Waals surface area (Å²) in [5.74, 6) is 2.07. The molecule has 0 fully saturated rings. The molecule has 0 bridgehead atoms. The number of benzene rings is 1. The molecule has 0 amide bonds. The monoisotopic (exact) mass is 271 g/mol. The van der Waals surface area contributed by atoms with Crippen molar-refractivity contribution in [1.29, 1.82) is 0 Å². The van der Waals surface area contributed by atoms with Crippen molar-refractivity contribution < 1.29 is 4.74 Å². The first-order chi connectivity index (χ1) is 9.62. The first-order valence-electron chi connectivity index (χ1n) is 7.12. The van der Waals surface area contributed by atoms with E-state index in [1.54, 1.807) is 6.20 Å². The normalized spacial score (nSPS) is 15.9. The molecule has 0 aliphatic carbocycles. The van der Waals surface area contributed by atoms with Crippen LogP contribution in [0.1, 0.15) is 30.8 Å². The maximum Gasteiger partial charge on any atom is 0.123 e. The second kappa shape index (κ2) is 5.29. The molecule has 0 atom stereocenters. The molecule has 2 aromatic rings. The summed E-state index contributed by atoms with van der Waals surface area (Å²) in [6.07, 6.45) is 5.56. The van der Waals surface area contributed by atoms with Crippen molar-refractivity contribution in [2.45, 2.75) is 38.8 Å². The molecule has 0 saturated carbocycles. The average molecular weight is 271 g/mol. The molecule has 4 nitrogen and oxygen atoms in total. The highest BCUT2D eigenvalue weighted by atomic mass is 16.5. The summed E-state index contributed by atoms with van der Waals surface area (Å²) in [5, 5.41) is 3.45. The van der Waals surface area contributed by atoms with Crippen LogP contribution in [0.2, 0.25) is 0 Å². The summed E-state index contributed by atoms with van der Waals surface area (Å²) in [7, 11) is 0. The van der Waals surface area contributed by atoms with Gasteiger partial charge in [-0.15, -0.1) is 0 Å². The van der Waals surface area contributed by atoms with Gasteiger partial charge in [-0.25, -0.2) is 4.98 Å². The number of H-pyrrole nitrogens is 1. The SMILES string of the molecule is CC1(C)Cc2cc(CNCCc3ncc[nH]3)ccc2O1. The van der Waals surface area contributed by atoms with Crippen molar-refractivity contribution in [3.8, 4) is 5.75 Å². The number of imidazole rings is 1. The molecule has 1 aromatic carbocycles. The van der Waals surface area contributed by atoms with Gasteiger partial charge in [-0.05, 0) is 31.0 Å². The van der Waals surface area contributed by atoms with Gasteiger partial charge in [-0.3, -0.25) is 0 Å². The molecule has 106 valence electrons. The van der Waals surface area contributed by atoms with Gasteiger partial charge in [0, 0.05) is 38.3 Å². The van der Waals surface area contributed by atoms with Crippen LogP contribution < -0.4 is 10.1 Å². The lowest BCUT2D eigenvalue weighted by Gasteiger charge is -2.16. The molecular formula is C16H21N3O. The number of aromatic nitrogens is 2. The van der Waals surface area contributed by atoms with Crippen LogP contribution in [0.15, 0.2) is 30.6 Å². The zero-order chi connectivity index (χ0) is 14.0. The highest BCUT2D eigenvalue weighted by molar-refractivity contribution is 5.41. The molecule has 3 rings (SSSR count). The third kappa shape index (κ3) is 3.02. The van der Waals surface area contributed by atoms with Crippen LogP contribution >= 0.6 is 0 Å². The number of ether oxygens (including phenoxy) is 1. The Bertz CT molecular complexity index is 575. The van der Waals surface area contributed by atoms with Gasteiger partial charge in [-0.2, -0.15) is 0 Å². The Morgan fingerprint density at radius 2 is 2.30 bits per heavy atom. The summed E-state index contributed by atoms with van der Waals surface area (Å²) >= 11 is 0. The topological polar surface area (TPSA) is 49.9 Å². The minimum absolute atomic E-state index is 0.0618. The number of nitrogens with one attached hydrogen (secondary N) is 2. The zero-order valence-electron chi connectivity index (χ0n) is 12.1. The first-order valence-corrected chi connectivity index (χ1v) is 7.12. The van der Waals surface area contributed by atoms with E-state index in [9.17, 15) is 0 Å². The van der Waals surface area contributed by atoms with Crippen molar-refractivity contribution in [1.82, 2.24) is 15.3 Å². The standard InChI is InChI=1S/C16H21N3O/c1-16(2)10-13-9-12(3-4-14(13)20-16)11-17-6-5-15-18-7-8-19-15/h3-4,7-9,17H,5-6,10-11H2,1-2H3,(H,18,19). The number of aromatic amines is 1. The zero-order valence-corrected chi connectivity index (χ0v) is 12.1. The minimum atomic E-state index is -0.0618. The fourth-order valence-electron chi connectivity index (χ4n) is 2.65. The summed E-state index contributed by atoms with van der Waals surface area (Å²) in [6, 6.07) is 6.48. The van der Waals surface area contributed by atoms with Crippen LogP contribution in [-0.2, 0) is 19.4 Å². The molecule has 0 saturated heterocycles. The highest BCUT2D eigenvalue weighted by Gasteiger charge is 2.29. The van der Waals surface area contributed by atoms with Gasteiger partial charge in [0.2, 0.25) is 0 Å². The lowest BCUT2D eigenvalue weighted by molar-refractivity contribution is 0.138. The van der Waals surface area contributed by atoms with Crippen molar-refractivity contribution in [3.63, 3.8) is 0 Å². The molecule has 1 aliphatic heterocycles. The van der Waals surface area contributed by atoms with Gasteiger partial charge in [-0.1, -0.05) is 12.1 Å². The number of hydrogen-bond donors (Lipinski definition) is 2. The van der Waals surface area contributed by atoms with Gasteiger partial charge >= 0.3 is 0 Å². The second-order valence-corrected chi connectivity index (χ2v) is 5.94. The average Bonchev–Trinajstić information content (AvgIpc) is 2.99. The molecular weight excluding hydrogens is 250 g/mol. The Hall–Kier alpha value is -1.81. The Kier molecular flexibility index (Phi) is 3.49. The van der Waals surface area contributed by atoms with Crippen molar-refractivity contribution in [2.75, 3.05) is 6.54 Å². The van der Waals surface area contributed by atoms with E-state index in [1.165, 1.54) is 11.1 Å². The van der Waals surface area contributed by atoms with Gasteiger partial charge in [0.15, 0.2) is 0 Å². The fraction of sp³-hybridized carbons (Fsp3) is 0.438. The molecule has 0 unspecified atom stereocenters. The number of rotatable bonds is 5. The third-order valence-electron chi connectivity index (χ3n) is 3.55. The van der Waals surface area contributed by atoms with E-state index in [4.69, 9.17) is 4.74 Å². The van der Waals surface area contributed by atoms with Gasteiger partial charge in [0.25, 0.3) is 0 Å². The van der Waals surface area contributed by atoms with Crippen molar-refractivity contribution >= 4 is 0 Å². The van der Waals surface area contributed by atoms with Crippen molar-refractivity contribution in [3.05, 3.63) is 47.5 Å². The summed E-state index contributed by atoms with van der Waals surface area (Å²) in [5.41, 5.74) is 2.57. The summed E-state index contributed by atoms with van der Waals surface area (Å²) in [6.45, 7) is 6.07. The Labute approximate surface area is 119 Å². The molecule has 2 heterocycles. The Balaban J connectivity index is 1.52. The summed E-state index contributed by atoms with van der Waals surface area (Å²) in [4.78, 5) is 7.32. The van der Waals surface area contributed by atoms with Gasteiger partial charge in [0.1, 0.15) is 17.2 Å². The van der Waals surface area contributed by atoms with Crippen LogP contribution in [0, 0.1) is 0 Å². The smallest absolute Gasteiger partial charge is 0.123 e. The van der Waals surface area contributed by atoms with Gasteiger partial charge < -0.3 is 15.0 Å². The molecule has 0 spiro atoms. The van der Waals surface area contributed by atoms with E-state index in [2.05, 4.69) is 47.3 Å². The molecule has 1 aliphatic rings. The molecule has 2 N–H and O–H groups in total. The second-order valence-electron chi connectivity index (χ2n) is 5.94. The molecule has 0 radical (unpaired) electrons. The lowest BCUT2D eigenvalue weighted by atomic mass is 10.0. The quantitative estimate of drug-likeness (QED) is 0.821. The first kappa shape index (κ1) is 13.2. The van der Waals surface area contributed by atoms with Gasteiger partial charge in [0.05, 0.1) is 0 Å². The van der Waals surface area contributed by atoms with E-state index in [1.807, 2.05) is 6.20 Å². The third-order valence-corrected chi connectivity index (χ3v) is 3.55. The molecule has 4 heteroatoms. The van der Waals surface area contributed by atoms with Crippen LogP contribution in [-0.4, -0.2) is 22.1 Å². The molecule has 20 heavy (non-hydrogen) atoms. The Morgan fingerprint density at radius 1 is 1.40 bits per heavy atom. The maximum atomic E-state index is 5.89. The largest absolute Gasteiger partial charge is 0.487 e. The number of hydrogen-bond acceptors (Lipinski definition) is 3. The van der Waals surface area contributed by atoms with E-state index < -0.39 is 0 Å². The minimum Gasteiger partial charge on any atom is -0.487 e. The Morgan fingerprint density at radius 3 is 3.10 bits per heavy atom. The fourth-order valence-corrected chi connectivity index (χ4v) is 2.65. The highest BCUT2D eigenvalue weighted by Crippen LogP contribution is 2.35. The summed E-state index contributed by atoms with van der Waals surface area (Å²) < 4.78 is 5.89.